The molecule has 4 heterocycles. The van der Waals surface area contributed by atoms with Crippen LogP contribution in [-0.4, -0.2) is 68.3 Å². The Bertz CT molecular complexity index is 2680. The molecule has 0 radical (unpaired) electrons. The first-order valence-electron chi connectivity index (χ1n) is 20.9. The fourth-order valence-corrected chi connectivity index (χ4v) is 12.3. The van der Waals surface area contributed by atoms with Gasteiger partial charge in [0.2, 0.25) is 10.0 Å². The van der Waals surface area contributed by atoms with Crippen molar-refractivity contribution in [1.82, 2.24) is 29.6 Å². The highest BCUT2D eigenvalue weighted by atomic mass is 32.2. The first-order chi connectivity index (χ1) is 29.2. The van der Waals surface area contributed by atoms with Gasteiger partial charge in [-0.2, -0.15) is 10.2 Å². The molecular formula is C45H54N6O7S3. The van der Waals surface area contributed by atoms with Crippen molar-refractivity contribution >= 4 is 41.7 Å². The number of benzene rings is 3. The van der Waals surface area contributed by atoms with Crippen LogP contribution in [0, 0.1) is 5.92 Å². The van der Waals surface area contributed by atoms with E-state index in [-0.39, 0.29) is 46.7 Å². The largest absolute Gasteiger partial charge is 0.344 e. The van der Waals surface area contributed by atoms with E-state index in [1.807, 2.05) is 110 Å². The predicted octanol–water partition coefficient (Wildman–Crippen LogP) is 6.15. The summed E-state index contributed by atoms with van der Waals surface area (Å²) in [6.07, 6.45) is 7.80. The van der Waals surface area contributed by atoms with Crippen molar-refractivity contribution in [2.75, 3.05) is 11.5 Å². The van der Waals surface area contributed by atoms with E-state index in [0.29, 0.717) is 48.7 Å². The van der Waals surface area contributed by atoms with E-state index in [2.05, 4.69) is 20.2 Å². The Labute approximate surface area is 359 Å². The van der Waals surface area contributed by atoms with E-state index < -0.39 is 29.7 Å². The van der Waals surface area contributed by atoms with Gasteiger partial charge in [-0.3, -0.25) is 14.2 Å². The molecule has 0 unspecified atom stereocenters. The normalized spacial score (nSPS) is 18.3. The number of rotatable bonds is 12. The number of amides is 1. The number of aromatic nitrogens is 4. The molecule has 2 N–H and O–H groups in total. The molecule has 13 nitrogen and oxygen atoms in total. The molecule has 61 heavy (non-hydrogen) atoms. The van der Waals surface area contributed by atoms with E-state index in [1.165, 1.54) is 12.5 Å². The zero-order chi connectivity index (χ0) is 43.2. The monoisotopic (exact) mass is 886 g/mol. The smallest absolute Gasteiger partial charge is 0.272 e. The SMILES string of the molecule is C[C@@H](NC(=O)c1nn(Cc2ccccc2)c2c1CS(=O)(=O)CC2)c1ccccc1.C[C@@H](NS(=O)(=O)/C=C/c1nn(Cc2ccccc2)c2c1CS(=O)(=O)CC2)C1CCCCC1. The molecule has 0 saturated heterocycles. The van der Waals surface area contributed by atoms with Crippen molar-refractivity contribution < 1.29 is 30.0 Å². The van der Waals surface area contributed by atoms with E-state index in [0.717, 1.165) is 59.2 Å². The molecule has 8 rings (SSSR count). The maximum absolute atomic E-state index is 13.0. The van der Waals surface area contributed by atoms with Crippen LogP contribution in [0.1, 0.15) is 107 Å². The third-order valence-electron chi connectivity index (χ3n) is 11.7. The minimum Gasteiger partial charge on any atom is -0.344 e. The van der Waals surface area contributed by atoms with Gasteiger partial charge in [0, 0.05) is 46.8 Å². The first-order valence-corrected chi connectivity index (χ1v) is 26.1. The van der Waals surface area contributed by atoms with E-state index in [4.69, 9.17) is 0 Å². The zero-order valence-corrected chi connectivity index (χ0v) is 37.1. The van der Waals surface area contributed by atoms with E-state index >= 15 is 0 Å². The van der Waals surface area contributed by atoms with Gasteiger partial charge in [0.1, 0.15) is 0 Å². The molecule has 5 aromatic rings. The van der Waals surface area contributed by atoms with Crippen LogP contribution in [0.4, 0.5) is 0 Å². The number of fused-ring (bicyclic) bond motifs is 2. The second-order valence-electron chi connectivity index (χ2n) is 16.3. The lowest BCUT2D eigenvalue weighted by Gasteiger charge is -2.27. The third-order valence-corrected chi connectivity index (χ3v) is 16.0. The number of sulfonamides is 1. The fraction of sp³-hybridized carbons (Fsp3) is 0.400. The van der Waals surface area contributed by atoms with Gasteiger partial charge in [0.05, 0.1) is 47.8 Å². The van der Waals surface area contributed by atoms with Crippen LogP contribution in [0.5, 0.6) is 0 Å². The van der Waals surface area contributed by atoms with Crippen LogP contribution in [0.2, 0.25) is 0 Å². The van der Waals surface area contributed by atoms with Crippen molar-refractivity contribution in [2.45, 2.75) is 95.5 Å². The average molecular weight is 887 g/mol. The molecule has 2 aromatic heterocycles. The number of carbonyl (C=O) groups excluding carboxylic acids is 1. The minimum absolute atomic E-state index is 0.0853. The third kappa shape index (κ3) is 11.5. The fourth-order valence-electron chi connectivity index (χ4n) is 8.41. The molecule has 16 heteroatoms. The summed E-state index contributed by atoms with van der Waals surface area (Å²) in [6.45, 7) is 4.84. The molecule has 3 aliphatic rings. The van der Waals surface area contributed by atoms with Crippen molar-refractivity contribution in [3.63, 3.8) is 0 Å². The molecule has 0 spiro atoms. The van der Waals surface area contributed by atoms with Crippen molar-refractivity contribution in [2.24, 2.45) is 5.92 Å². The van der Waals surface area contributed by atoms with Gasteiger partial charge in [-0.15, -0.1) is 0 Å². The van der Waals surface area contributed by atoms with Crippen molar-refractivity contribution in [1.29, 1.82) is 0 Å². The number of nitrogens with zero attached hydrogens (tertiary/aromatic N) is 4. The minimum atomic E-state index is -3.66. The number of hydrogen-bond acceptors (Lipinski definition) is 9. The average Bonchev–Trinajstić information content (AvgIpc) is 3.76. The lowest BCUT2D eigenvalue weighted by atomic mass is 9.85. The summed E-state index contributed by atoms with van der Waals surface area (Å²) in [5.41, 5.74) is 6.55. The summed E-state index contributed by atoms with van der Waals surface area (Å²) in [4.78, 5) is 13.0. The quantitative estimate of drug-likeness (QED) is 0.149. The van der Waals surface area contributed by atoms with Crippen LogP contribution in [0.25, 0.3) is 6.08 Å². The van der Waals surface area contributed by atoms with Gasteiger partial charge in [-0.1, -0.05) is 110 Å². The number of carbonyl (C=O) groups is 1. The number of nitrogens with one attached hydrogen (secondary N) is 2. The topological polar surface area (TPSA) is 179 Å². The summed E-state index contributed by atoms with van der Waals surface area (Å²) in [5.74, 6) is -0.0661. The molecule has 1 fully saturated rings. The molecule has 1 amide bonds. The van der Waals surface area contributed by atoms with Gasteiger partial charge in [0.15, 0.2) is 25.4 Å². The zero-order valence-electron chi connectivity index (χ0n) is 34.6. The van der Waals surface area contributed by atoms with Gasteiger partial charge in [-0.05, 0) is 55.4 Å². The lowest BCUT2D eigenvalue weighted by molar-refractivity contribution is 0.0933. The molecule has 0 bridgehead atoms. The standard InChI is InChI=1S/C23H31N3O4S2.C22H23N3O3S/c1-18(20-10-6-3-7-11-20)25-32(29,30)15-12-22-21-17-31(27,28)14-13-23(21)26(24-22)16-19-8-4-2-5-9-19;1-16(18-10-6-3-7-11-18)23-22(26)21-19-15-29(27,28)13-12-20(19)25(24-21)14-17-8-4-2-5-9-17/h2,4-5,8-9,12,15,18,20,25H,3,6-7,10-11,13-14,16-17H2,1H3;2-11,16H,12-15H2,1H3,(H,23,26)/b15-12+;/t18-;16-/m11/s1. The van der Waals surface area contributed by atoms with Crippen molar-refractivity contribution in [3.8, 4) is 0 Å². The van der Waals surface area contributed by atoms with Crippen LogP contribution in [0.15, 0.2) is 96.4 Å². The molecule has 2 atom stereocenters. The Morgan fingerprint density at radius 2 is 1.25 bits per heavy atom. The first kappa shape index (κ1) is 44.2. The molecule has 1 aliphatic carbocycles. The molecule has 2 aliphatic heterocycles. The molecule has 1 saturated carbocycles. The van der Waals surface area contributed by atoms with Crippen molar-refractivity contribution in [3.05, 3.63) is 147 Å². The van der Waals surface area contributed by atoms with Crippen LogP contribution in [-0.2, 0) is 67.1 Å². The lowest BCUT2D eigenvalue weighted by Crippen LogP contribution is -2.37. The molecule has 3 aromatic carbocycles. The Kier molecular flexibility index (Phi) is 13.8. The van der Waals surface area contributed by atoms with Gasteiger partial charge in [-0.25, -0.2) is 30.0 Å². The number of hydrogen-bond donors (Lipinski definition) is 2. The Morgan fingerprint density at radius 1 is 0.738 bits per heavy atom. The maximum Gasteiger partial charge on any atom is 0.272 e. The highest BCUT2D eigenvalue weighted by Crippen LogP contribution is 2.29. The second kappa shape index (κ2) is 19.0. The van der Waals surface area contributed by atoms with Crippen LogP contribution in [0.3, 0.4) is 0 Å². The summed E-state index contributed by atoms with van der Waals surface area (Å²) < 4.78 is 80.7. The second-order valence-corrected chi connectivity index (χ2v) is 22.3. The van der Waals surface area contributed by atoms with E-state index in [9.17, 15) is 30.0 Å². The summed E-state index contributed by atoms with van der Waals surface area (Å²) >= 11 is 0. The highest BCUT2D eigenvalue weighted by molar-refractivity contribution is 7.92. The highest BCUT2D eigenvalue weighted by Gasteiger charge is 2.32. The Hall–Kier alpha value is -4.90. The Morgan fingerprint density at radius 3 is 1.82 bits per heavy atom. The van der Waals surface area contributed by atoms with Gasteiger partial charge >= 0.3 is 0 Å². The van der Waals surface area contributed by atoms with Gasteiger partial charge < -0.3 is 5.32 Å². The summed E-state index contributed by atoms with van der Waals surface area (Å²) in [6, 6.07) is 28.9. The summed E-state index contributed by atoms with van der Waals surface area (Å²) in [7, 11) is -10.1. The van der Waals surface area contributed by atoms with Gasteiger partial charge in [0.25, 0.3) is 5.91 Å². The summed E-state index contributed by atoms with van der Waals surface area (Å²) in [5, 5.41) is 13.2. The maximum atomic E-state index is 13.0. The predicted molar refractivity (Wildman–Crippen MR) is 237 cm³/mol. The Balaban J connectivity index is 0.000000185. The molecule has 324 valence electrons. The van der Waals surface area contributed by atoms with Crippen LogP contribution >= 0.6 is 0 Å². The number of sulfone groups is 2. The van der Waals surface area contributed by atoms with Crippen LogP contribution < -0.4 is 10.0 Å². The van der Waals surface area contributed by atoms with E-state index in [1.54, 1.807) is 4.68 Å². The molecular weight excluding hydrogens is 833 g/mol.